The Morgan fingerprint density at radius 3 is 2.62 bits per heavy atom. The summed E-state index contributed by atoms with van der Waals surface area (Å²) in [5, 5.41) is 3.66. The van der Waals surface area contributed by atoms with E-state index in [0.29, 0.717) is 12.1 Å². The van der Waals surface area contributed by atoms with Crippen LogP contribution >= 0.6 is 0 Å². The van der Waals surface area contributed by atoms with Gasteiger partial charge < -0.3 is 10.2 Å². The molecule has 1 N–H and O–H groups in total. The lowest BCUT2D eigenvalue weighted by Gasteiger charge is -2.26. The van der Waals surface area contributed by atoms with Crippen LogP contribution in [0.5, 0.6) is 0 Å². The van der Waals surface area contributed by atoms with E-state index in [-0.39, 0.29) is 0 Å². The highest BCUT2D eigenvalue weighted by molar-refractivity contribution is 5.32. The molecule has 2 unspecified atom stereocenters. The van der Waals surface area contributed by atoms with Gasteiger partial charge in [-0.2, -0.15) is 0 Å². The molecule has 3 heteroatoms. The molecule has 3 nitrogen and oxygen atoms in total. The largest absolute Gasteiger partial charge is 0.309 e. The van der Waals surface area contributed by atoms with Gasteiger partial charge >= 0.3 is 0 Å². The smallest absolute Gasteiger partial charge is 0.0449 e. The number of likely N-dealkylation sites (tertiary alicyclic amines) is 1. The van der Waals surface area contributed by atoms with E-state index in [9.17, 15) is 0 Å². The first-order chi connectivity index (χ1) is 10.0. The van der Waals surface area contributed by atoms with Gasteiger partial charge in [-0.3, -0.25) is 4.90 Å². The fourth-order valence-corrected chi connectivity index (χ4v) is 3.17. The van der Waals surface area contributed by atoms with Crippen molar-refractivity contribution in [2.75, 3.05) is 40.3 Å². The van der Waals surface area contributed by atoms with Crippen molar-refractivity contribution in [3.8, 4) is 0 Å². The molecule has 1 saturated heterocycles. The molecule has 0 amide bonds. The van der Waals surface area contributed by atoms with Gasteiger partial charge in [-0.25, -0.2) is 0 Å². The van der Waals surface area contributed by atoms with Crippen LogP contribution < -0.4 is 5.32 Å². The molecule has 1 aliphatic rings. The quantitative estimate of drug-likeness (QED) is 0.868. The zero-order chi connectivity index (χ0) is 15.4. The summed E-state index contributed by atoms with van der Waals surface area (Å²) in [4.78, 5) is 4.96. The average molecular weight is 289 g/mol. The molecule has 1 aromatic carbocycles. The van der Waals surface area contributed by atoms with Gasteiger partial charge in [0.1, 0.15) is 0 Å². The second kappa shape index (κ2) is 7.39. The average Bonchev–Trinajstić information content (AvgIpc) is 2.90. The van der Waals surface area contributed by atoms with E-state index in [4.69, 9.17) is 0 Å². The van der Waals surface area contributed by atoms with Gasteiger partial charge in [-0.1, -0.05) is 25.1 Å². The van der Waals surface area contributed by atoms with E-state index in [1.54, 1.807) is 0 Å². The Kier molecular flexibility index (Phi) is 5.80. The first-order valence-corrected chi connectivity index (χ1v) is 8.20. The highest BCUT2D eigenvalue weighted by atomic mass is 15.2. The fraction of sp³-hybridized carbons (Fsp3) is 0.667. The number of likely N-dealkylation sites (N-methyl/N-ethyl adjacent to an activating group) is 2. The van der Waals surface area contributed by atoms with Crippen LogP contribution in [0.1, 0.15) is 36.1 Å². The Morgan fingerprint density at radius 2 is 2.05 bits per heavy atom. The van der Waals surface area contributed by atoms with Crippen molar-refractivity contribution in [2.45, 2.75) is 39.3 Å². The zero-order valence-electron chi connectivity index (χ0n) is 14.3. The lowest BCUT2D eigenvalue weighted by molar-refractivity contribution is 0.251. The summed E-state index contributed by atoms with van der Waals surface area (Å²) >= 11 is 0. The SMILES string of the molecule is CCNC(CN1CCC(N(C)C)C1)c1ccc(C)c(C)c1. The van der Waals surface area contributed by atoms with Gasteiger partial charge in [-0.05, 0) is 64.1 Å². The maximum absolute atomic E-state index is 3.66. The predicted molar refractivity (Wildman–Crippen MR) is 90.9 cm³/mol. The van der Waals surface area contributed by atoms with Crippen molar-refractivity contribution in [3.63, 3.8) is 0 Å². The van der Waals surface area contributed by atoms with Crippen molar-refractivity contribution in [1.29, 1.82) is 0 Å². The summed E-state index contributed by atoms with van der Waals surface area (Å²) in [5.41, 5.74) is 4.19. The molecular weight excluding hydrogens is 258 g/mol. The monoisotopic (exact) mass is 289 g/mol. The van der Waals surface area contributed by atoms with Crippen molar-refractivity contribution >= 4 is 0 Å². The number of hydrogen-bond donors (Lipinski definition) is 1. The third-order valence-corrected chi connectivity index (χ3v) is 4.80. The van der Waals surface area contributed by atoms with Crippen LogP contribution in [0.4, 0.5) is 0 Å². The van der Waals surface area contributed by atoms with Crippen LogP contribution in [-0.4, -0.2) is 56.1 Å². The highest BCUT2D eigenvalue weighted by Crippen LogP contribution is 2.21. The summed E-state index contributed by atoms with van der Waals surface area (Å²) < 4.78 is 0. The van der Waals surface area contributed by atoms with Gasteiger partial charge in [0.2, 0.25) is 0 Å². The molecule has 0 aromatic heterocycles. The Balaban J connectivity index is 2.04. The Morgan fingerprint density at radius 1 is 1.29 bits per heavy atom. The molecule has 0 aliphatic carbocycles. The van der Waals surface area contributed by atoms with Gasteiger partial charge in [0.05, 0.1) is 0 Å². The first-order valence-electron chi connectivity index (χ1n) is 8.20. The van der Waals surface area contributed by atoms with Crippen LogP contribution in [0.2, 0.25) is 0 Å². The lowest BCUT2D eigenvalue weighted by Crippen LogP contribution is -2.36. The van der Waals surface area contributed by atoms with Crippen molar-refractivity contribution in [3.05, 3.63) is 34.9 Å². The van der Waals surface area contributed by atoms with Gasteiger partial charge in [0, 0.05) is 25.2 Å². The van der Waals surface area contributed by atoms with E-state index in [1.165, 1.54) is 36.2 Å². The van der Waals surface area contributed by atoms with E-state index < -0.39 is 0 Å². The summed E-state index contributed by atoms with van der Waals surface area (Å²) in [6.45, 7) is 11.1. The molecule has 0 bridgehead atoms. The summed E-state index contributed by atoms with van der Waals surface area (Å²) in [6.07, 6.45) is 1.29. The summed E-state index contributed by atoms with van der Waals surface area (Å²) in [6, 6.07) is 8.04. The van der Waals surface area contributed by atoms with Crippen LogP contribution in [0.15, 0.2) is 18.2 Å². The van der Waals surface area contributed by atoms with E-state index >= 15 is 0 Å². The molecule has 1 fully saturated rings. The fourth-order valence-electron chi connectivity index (χ4n) is 3.17. The Hall–Kier alpha value is -0.900. The normalized spacial score (nSPS) is 21.1. The molecule has 2 atom stereocenters. The number of nitrogens with one attached hydrogen (secondary N) is 1. The molecule has 0 radical (unpaired) electrons. The van der Waals surface area contributed by atoms with Gasteiger partial charge in [-0.15, -0.1) is 0 Å². The molecule has 0 spiro atoms. The van der Waals surface area contributed by atoms with Gasteiger partial charge in [0.15, 0.2) is 0 Å². The van der Waals surface area contributed by atoms with Crippen LogP contribution in [-0.2, 0) is 0 Å². The maximum Gasteiger partial charge on any atom is 0.0449 e. The minimum Gasteiger partial charge on any atom is -0.309 e. The minimum atomic E-state index is 0.440. The topological polar surface area (TPSA) is 18.5 Å². The lowest BCUT2D eigenvalue weighted by atomic mass is 10.0. The van der Waals surface area contributed by atoms with Crippen LogP contribution in [0, 0.1) is 13.8 Å². The number of aryl methyl sites for hydroxylation is 2. The highest BCUT2D eigenvalue weighted by Gasteiger charge is 2.26. The second-order valence-corrected chi connectivity index (χ2v) is 6.62. The van der Waals surface area contributed by atoms with Crippen LogP contribution in [0.3, 0.4) is 0 Å². The summed E-state index contributed by atoms with van der Waals surface area (Å²) in [5.74, 6) is 0. The molecule has 118 valence electrons. The van der Waals surface area contributed by atoms with Crippen molar-refractivity contribution in [1.82, 2.24) is 15.1 Å². The van der Waals surface area contributed by atoms with Crippen LogP contribution in [0.25, 0.3) is 0 Å². The van der Waals surface area contributed by atoms with Crippen molar-refractivity contribution in [2.24, 2.45) is 0 Å². The first kappa shape index (κ1) is 16.5. The third-order valence-electron chi connectivity index (χ3n) is 4.80. The molecule has 0 saturated carbocycles. The Bertz CT molecular complexity index is 456. The van der Waals surface area contributed by atoms with Crippen molar-refractivity contribution < 1.29 is 0 Å². The number of rotatable bonds is 6. The van der Waals surface area contributed by atoms with Gasteiger partial charge in [0.25, 0.3) is 0 Å². The van der Waals surface area contributed by atoms with E-state index in [1.807, 2.05) is 0 Å². The molecule has 1 aliphatic heterocycles. The third kappa shape index (κ3) is 4.29. The minimum absolute atomic E-state index is 0.440. The number of hydrogen-bond acceptors (Lipinski definition) is 3. The molecule has 21 heavy (non-hydrogen) atoms. The number of benzene rings is 1. The van der Waals surface area contributed by atoms with E-state index in [2.05, 4.69) is 68.2 Å². The van der Waals surface area contributed by atoms with E-state index in [0.717, 1.165) is 13.1 Å². The molecular formula is C18H31N3. The maximum atomic E-state index is 3.66. The molecule has 1 aromatic rings. The zero-order valence-corrected chi connectivity index (χ0v) is 14.3. The molecule has 2 rings (SSSR count). The predicted octanol–water partition coefficient (Wildman–Crippen LogP) is 2.59. The Labute approximate surface area is 130 Å². The number of nitrogens with zero attached hydrogens (tertiary/aromatic N) is 2. The molecule has 1 heterocycles. The summed E-state index contributed by atoms with van der Waals surface area (Å²) in [7, 11) is 4.39. The second-order valence-electron chi connectivity index (χ2n) is 6.62. The standard InChI is InChI=1S/C18H31N3/c1-6-19-18(16-8-7-14(2)15(3)11-16)13-21-10-9-17(12-21)20(4)5/h7-8,11,17-19H,6,9-10,12-13H2,1-5H3.